The molecule has 6 rings (SSSR count). The molecule has 36 heavy (non-hydrogen) atoms. The Labute approximate surface area is 215 Å². The molecule has 0 spiro atoms. The van der Waals surface area contributed by atoms with Gasteiger partial charge in [-0.1, -0.05) is 23.7 Å². The first-order chi connectivity index (χ1) is 17.6. The van der Waals surface area contributed by atoms with E-state index >= 15 is 0 Å². The van der Waals surface area contributed by atoms with E-state index < -0.39 is 0 Å². The number of pyridine rings is 2. The molecule has 7 nitrogen and oxygen atoms in total. The lowest BCUT2D eigenvalue weighted by Gasteiger charge is -2.23. The Bertz CT molecular complexity index is 1470. The van der Waals surface area contributed by atoms with Gasteiger partial charge in [-0.3, -0.25) is 14.3 Å². The normalized spacial score (nSPS) is 16.4. The Morgan fingerprint density at radius 2 is 1.75 bits per heavy atom. The first-order valence-corrected chi connectivity index (χ1v) is 13.1. The molecular weight excluding hydrogens is 472 g/mol. The molecule has 1 aliphatic heterocycles. The summed E-state index contributed by atoms with van der Waals surface area (Å²) in [5.41, 5.74) is 4.83. The highest BCUT2D eigenvalue weighted by Crippen LogP contribution is 2.41. The summed E-state index contributed by atoms with van der Waals surface area (Å²) in [7, 11) is 0. The minimum Gasteiger partial charge on any atom is -0.324 e. The third kappa shape index (κ3) is 4.49. The van der Waals surface area contributed by atoms with E-state index in [1.54, 1.807) is 16.8 Å². The highest BCUT2D eigenvalue weighted by atomic mass is 35.5. The Morgan fingerprint density at radius 1 is 1.00 bits per heavy atom. The average molecular weight is 501 g/mol. The summed E-state index contributed by atoms with van der Waals surface area (Å²) in [6.45, 7) is 4.56. The number of nitrogens with zero attached hydrogens (tertiary/aromatic N) is 4. The lowest BCUT2D eigenvalue weighted by Crippen LogP contribution is -2.26. The molecule has 1 aromatic carbocycles. The number of aryl methyl sites for hydroxylation is 1. The van der Waals surface area contributed by atoms with Crippen LogP contribution in [0.15, 0.2) is 53.6 Å². The predicted octanol–water partition coefficient (Wildman–Crippen LogP) is 5.61. The lowest BCUT2D eigenvalue weighted by molar-refractivity contribution is 0.460. The second-order valence-corrected chi connectivity index (χ2v) is 10.1. The number of nitrogens with one attached hydrogen (secondary N) is 2. The van der Waals surface area contributed by atoms with Gasteiger partial charge in [0.2, 0.25) is 5.95 Å². The van der Waals surface area contributed by atoms with Gasteiger partial charge < -0.3 is 10.6 Å². The summed E-state index contributed by atoms with van der Waals surface area (Å²) in [4.78, 5) is 27.2. The van der Waals surface area contributed by atoms with Gasteiger partial charge in [-0.2, -0.15) is 4.98 Å². The lowest BCUT2D eigenvalue weighted by atomic mass is 9.90. The van der Waals surface area contributed by atoms with Gasteiger partial charge in [-0.05, 0) is 92.9 Å². The Kier molecular flexibility index (Phi) is 6.19. The van der Waals surface area contributed by atoms with Crippen molar-refractivity contribution in [3.8, 4) is 11.3 Å². The number of piperidine rings is 1. The maximum absolute atomic E-state index is 13.4. The van der Waals surface area contributed by atoms with Crippen LogP contribution in [0, 0.1) is 0 Å². The van der Waals surface area contributed by atoms with Gasteiger partial charge in [0.25, 0.3) is 5.56 Å². The molecule has 2 aliphatic rings. The van der Waals surface area contributed by atoms with Crippen molar-refractivity contribution < 1.29 is 0 Å². The van der Waals surface area contributed by atoms with Crippen molar-refractivity contribution in [2.75, 3.05) is 18.4 Å². The summed E-state index contributed by atoms with van der Waals surface area (Å²) in [5, 5.41) is 7.98. The number of aromatic nitrogens is 4. The zero-order valence-electron chi connectivity index (χ0n) is 20.3. The molecular formula is C28H29ClN6O. The molecule has 2 N–H and O–H groups in total. The standard InChI is InChI=1S/C28H29ClN6O/c1-2-35-26-21(13-23(27(35)36)25-24(29)14-20(15-31-25)18-3-4-18)16-32-28(34-26)33-22-7-5-17(6-8-22)19-9-11-30-12-10-19/h5-8,13-16,18-19,30H,2-4,9-12H2,1H3,(H,32,33,34). The first-order valence-electron chi connectivity index (χ1n) is 12.7. The second-order valence-electron chi connectivity index (χ2n) is 9.72. The number of benzene rings is 1. The average Bonchev–Trinajstić information content (AvgIpc) is 3.75. The number of rotatable bonds is 6. The largest absolute Gasteiger partial charge is 0.324 e. The number of hydrogen-bond acceptors (Lipinski definition) is 6. The SMILES string of the molecule is CCn1c(=O)c(-c2ncc(C3CC3)cc2Cl)cc2cnc(Nc3ccc(C4CCNCC4)cc3)nc21. The van der Waals surface area contributed by atoms with Crippen LogP contribution in [0.5, 0.6) is 0 Å². The first kappa shape index (κ1) is 23.1. The summed E-state index contributed by atoms with van der Waals surface area (Å²) in [6.07, 6.45) is 8.28. The molecule has 2 fully saturated rings. The molecule has 4 aromatic rings. The van der Waals surface area contributed by atoms with Crippen LogP contribution in [0.3, 0.4) is 0 Å². The van der Waals surface area contributed by atoms with E-state index in [9.17, 15) is 4.79 Å². The minimum atomic E-state index is -0.158. The van der Waals surface area contributed by atoms with Gasteiger partial charge in [0.1, 0.15) is 5.65 Å². The van der Waals surface area contributed by atoms with Crippen LogP contribution >= 0.6 is 11.6 Å². The van der Waals surface area contributed by atoms with Gasteiger partial charge in [0, 0.05) is 30.0 Å². The highest BCUT2D eigenvalue weighted by molar-refractivity contribution is 6.33. The maximum atomic E-state index is 13.4. The molecule has 1 saturated heterocycles. The summed E-state index contributed by atoms with van der Waals surface area (Å²) >= 11 is 6.58. The monoisotopic (exact) mass is 500 g/mol. The zero-order valence-corrected chi connectivity index (χ0v) is 21.1. The summed E-state index contributed by atoms with van der Waals surface area (Å²) < 4.78 is 1.66. The van der Waals surface area contributed by atoms with E-state index in [2.05, 4.69) is 44.9 Å². The number of hydrogen-bond donors (Lipinski definition) is 2. The maximum Gasteiger partial charge on any atom is 0.261 e. The molecule has 184 valence electrons. The molecule has 0 atom stereocenters. The second kappa shape index (κ2) is 9.64. The molecule has 0 unspecified atom stereocenters. The van der Waals surface area contributed by atoms with Gasteiger partial charge >= 0.3 is 0 Å². The molecule has 1 aliphatic carbocycles. The van der Waals surface area contributed by atoms with Crippen LogP contribution in [0.2, 0.25) is 5.02 Å². The van der Waals surface area contributed by atoms with Crippen molar-refractivity contribution in [2.45, 2.75) is 51.0 Å². The van der Waals surface area contributed by atoms with Crippen LogP contribution < -0.4 is 16.2 Å². The van der Waals surface area contributed by atoms with E-state index in [0.717, 1.165) is 29.7 Å². The molecule has 4 heterocycles. The van der Waals surface area contributed by atoms with Gasteiger partial charge in [0.15, 0.2) is 0 Å². The smallest absolute Gasteiger partial charge is 0.261 e. The van der Waals surface area contributed by atoms with Crippen molar-refractivity contribution >= 4 is 34.3 Å². The minimum absolute atomic E-state index is 0.158. The van der Waals surface area contributed by atoms with Crippen LogP contribution in [0.4, 0.5) is 11.6 Å². The van der Waals surface area contributed by atoms with Crippen LogP contribution in [-0.4, -0.2) is 32.6 Å². The molecule has 8 heteroatoms. The van der Waals surface area contributed by atoms with Crippen molar-refractivity contribution in [3.05, 3.63) is 75.3 Å². The Morgan fingerprint density at radius 3 is 2.44 bits per heavy atom. The molecule has 3 aromatic heterocycles. The number of halogens is 1. The fourth-order valence-corrected chi connectivity index (χ4v) is 5.37. The van der Waals surface area contributed by atoms with Crippen molar-refractivity contribution in [1.82, 2.24) is 24.8 Å². The fourth-order valence-electron chi connectivity index (χ4n) is 5.10. The zero-order chi connectivity index (χ0) is 24.6. The Balaban J connectivity index is 1.30. The van der Waals surface area contributed by atoms with E-state index in [0.29, 0.717) is 46.3 Å². The highest BCUT2D eigenvalue weighted by Gasteiger charge is 2.25. The van der Waals surface area contributed by atoms with Gasteiger partial charge in [0.05, 0.1) is 16.3 Å². The van der Waals surface area contributed by atoms with Crippen molar-refractivity contribution in [3.63, 3.8) is 0 Å². The molecule has 0 bridgehead atoms. The third-order valence-corrected chi connectivity index (χ3v) is 7.57. The quantitative estimate of drug-likeness (QED) is 0.357. The number of fused-ring (bicyclic) bond motifs is 1. The van der Waals surface area contributed by atoms with E-state index in [1.165, 1.54) is 31.2 Å². The molecule has 1 saturated carbocycles. The topological polar surface area (TPSA) is 84.7 Å². The summed E-state index contributed by atoms with van der Waals surface area (Å²) in [6, 6.07) is 12.2. The third-order valence-electron chi connectivity index (χ3n) is 7.29. The summed E-state index contributed by atoms with van der Waals surface area (Å²) in [5.74, 6) is 1.61. The van der Waals surface area contributed by atoms with Gasteiger partial charge in [-0.25, -0.2) is 4.98 Å². The van der Waals surface area contributed by atoms with E-state index in [4.69, 9.17) is 16.6 Å². The fraction of sp³-hybridized carbons (Fsp3) is 0.357. The van der Waals surface area contributed by atoms with Crippen LogP contribution in [-0.2, 0) is 6.54 Å². The Hall–Kier alpha value is -3.29. The molecule has 0 radical (unpaired) electrons. The van der Waals surface area contributed by atoms with E-state index in [1.807, 2.05) is 19.2 Å². The molecule has 0 amide bonds. The van der Waals surface area contributed by atoms with Crippen LogP contribution in [0.1, 0.15) is 55.6 Å². The van der Waals surface area contributed by atoms with Crippen molar-refractivity contribution in [1.29, 1.82) is 0 Å². The van der Waals surface area contributed by atoms with Gasteiger partial charge in [-0.15, -0.1) is 0 Å². The predicted molar refractivity (Wildman–Crippen MR) is 144 cm³/mol. The van der Waals surface area contributed by atoms with Crippen LogP contribution in [0.25, 0.3) is 22.3 Å². The number of anilines is 2. The van der Waals surface area contributed by atoms with E-state index in [-0.39, 0.29) is 5.56 Å². The van der Waals surface area contributed by atoms with Crippen molar-refractivity contribution in [2.24, 2.45) is 0 Å².